The lowest BCUT2D eigenvalue weighted by Crippen LogP contribution is -2.33. The van der Waals surface area contributed by atoms with Crippen molar-refractivity contribution in [2.24, 2.45) is 0 Å². The van der Waals surface area contributed by atoms with E-state index in [9.17, 15) is 5.21 Å². The maximum atomic E-state index is 11.0. The van der Waals surface area contributed by atoms with Gasteiger partial charge in [-0.2, -0.15) is 4.73 Å². The highest BCUT2D eigenvalue weighted by atomic mass is 35.5. The van der Waals surface area contributed by atoms with Crippen LogP contribution < -0.4 is 4.73 Å². The third-order valence-corrected chi connectivity index (χ3v) is 1.55. The highest BCUT2D eigenvalue weighted by molar-refractivity contribution is 6.30. The molecule has 0 aliphatic rings. The Kier molecular flexibility index (Phi) is 1.81. The van der Waals surface area contributed by atoms with Crippen molar-refractivity contribution in [1.82, 2.24) is 0 Å². The van der Waals surface area contributed by atoms with E-state index in [0.717, 1.165) is 4.73 Å². The van der Waals surface area contributed by atoms with E-state index in [0.29, 0.717) is 16.4 Å². The van der Waals surface area contributed by atoms with E-state index >= 15 is 0 Å². The lowest BCUT2D eigenvalue weighted by atomic mass is 10.3. The van der Waals surface area contributed by atoms with Gasteiger partial charge in [0, 0.05) is 26.0 Å². The number of pyridine rings is 1. The lowest BCUT2D eigenvalue weighted by Gasteiger charge is -2.02. The Morgan fingerprint density at radius 2 is 1.70 bits per heavy atom. The minimum atomic E-state index is 0.613. The molecule has 1 aromatic rings. The van der Waals surface area contributed by atoms with Gasteiger partial charge in [-0.15, -0.1) is 0 Å². The quantitative estimate of drug-likeness (QED) is 0.415. The van der Waals surface area contributed by atoms with Crippen molar-refractivity contribution >= 4 is 11.6 Å². The summed E-state index contributed by atoms with van der Waals surface area (Å²) in [5, 5.41) is 11.6. The van der Waals surface area contributed by atoms with Gasteiger partial charge in [0.15, 0.2) is 11.4 Å². The SMILES string of the molecule is Cc1cc(Cl)cc(C)[n+]1[O-]. The first-order valence-corrected chi connectivity index (χ1v) is 3.35. The normalized spacial score (nSPS) is 9.90. The second-order valence-electron chi connectivity index (χ2n) is 2.25. The van der Waals surface area contributed by atoms with Crippen molar-refractivity contribution in [3.05, 3.63) is 33.8 Å². The topological polar surface area (TPSA) is 26.9 Å². The fraction of sp³-hybridized carbons (Fsp3) is 0.286. The van der Waals surface area contributed by atoms with Crippen molar-refractivity contribution in [2.75, 3.05) is 0 Å². The number of aromatic nitrogens is 1. The average Bonchev–Trinajstić information content (AvgIpc) is 1.82. The van der Waals surface area contributed by atoms with Gasteiger partial charge in [0.05, 0.1) is 5.02 Å². The molecular weight excluding hydrogens is 150 g/mol. The number of nitrogens with zero attached hydrogens (tertiary/aromatic N) is 1. The summed E-state index contributed by atoms with van der Waals surface area (Å²) in [7, 11) is 0. The summed E-state index contributed by atoms with van der Waals surface area (Å²) in [6, 6.07) is 3.28. The minimum absolute atomic E-state index is 0.613. The summed E-state index contributed by atoms with van der Waals surface area (Å²) >= 11 is 5.67. The number of aryl methyl sites for hydroxylation is 2. The van der Waals surface area contributed by atoms with Crippen LogP contribution in [0.15, 0.2) is 12.1 Å². The number of rotatable bonds is 0. The van der Waals surface area contributed by atoms with E-state index in [-0.39, 0.29) is 0 Å². The van der Waals surface area contributed by atoms with Gasteiger partial charge in [0.25, 0.3) is 0 Å². The van der Waals surface area contributed by atoms with E-state index in [1.165, 1.54) is 0 Å². The molecule has 54 valence electrons. The Morgan fingerprint density at radius 1 is 1.30 bits per heavy atom. The van der Waals surface area contributed by atoms with Crippen LogP contribution in [0, 0.1) is 19.1 Å². The van der Waals surface area contributed by atoms with Crippen molar-refractivity contribution in [1.29, 1.82) is 0 Å². The third-order valence-electron chi connectivity index (χ3n) is 1.33. The van der Waals surface area contributed by atoms with Crippen LogP contribution in [-0.2, 0) is 0 Å². The molecule has 0 fully saturated rings. The van der Waals surface area contributed by atoms with Crippen LogP contribution in [0.5, 0.6) is 0 Å². The minimum Gasteiger partial charge on any atom is -0.618 e. The Balaban J connectivity index is 3.31. The average molecular weight is 158 g/mol. The van der Waals surface area contributed by atoms with Gasteiger partial charge in [-0.1, -0.05) is 11.6 Å². The molecule has 0 saturated carbocycles. The molecule has 0 N–H and O–H groups in total. The van der Waals surface area contributed by atoms with Gasteiger partial charge in [-0.25, -0.2) is 0 Å². The standard InChI is InChI=1S/C7H8ClNO/c1-5-3-7(8)4-6(2)9(5)10/h3-4H,1-2H3. The van der Waals surface area contributed by atoms with Crippen molar-refractivity contribution in [3.63, 3.8) is 0 Å². The fourth-order valence-corrected chi connectivity index (χ4v) is 1.15. The molecule has 0 bridgehead atoms. The van der Waals surface area contributed by atoms with Gasteiger partial charge in [-0.3, -0.25) is 0 Å². The maximum absolute atomic E-state index is 11.0. The Hall–Kier alpha value is -0.760. The zero-order chi connectivity index (χ0) is 7.72. The summed E-state index contributed by atoms with van der Waals surface area (Å²) in [6.45, 7) is 3.46. The molecule has 2 nitrogen and oxygen atoms in total. The zero-order valence-electron chi connectivity index (χ0n) is 5.89. The zero-order valence-corrected chi connectivity index (χ0v) is 6.64. The molecule has 1 heterocycles. The largest absolute Gasteiger partial charge is 0.618 e. The Labute approximate surface area is 64.6 Å². The molecule has 0 aliphatic carbocycles. The molecule has 0 unspecified atom stereocenters. The van der Waals surface area contributed by atoms with E-state index in [1.54, 1.807) is 26.0 Å². The summed E-state index contributed by atoms with van der Waals surface area (Å²) < 4.78 is 0.853. The highest BCUT2D eigenvalue weighted by Crippen LogP contribution is 2.08. The van der Waals surface area contributed by atoms with E-state index in [4.69, 9.17) is 11.6 Å². The predicted octanol–water partition coefficient (Wildman–Crippen LogP) is 1.59. The van der Waals surface area contributed by atoms with E-state index in [1.807, 2.05) is 0 Å². The smallest absolute Gasteiger partial charge is 0.191 e. The molecule has 1 aromatic heterocycles. The van der Waals surface area contributed by atoms with Crippen LogP contribution in [0.2, 0.25) is 5.02 Å². The highest BCUT2D eigenvalue weighted by Gasteiger charge is 2.03. The summed E-state index contributed by atoms with van der Waals surface area (Å²) in [5.41, 5.74) is 1.26. The number of halogens is 1. The van der Waals surface area contributed by atoms with E-state index in [2.05, 4.69) is 0 Å². The number of hydrogen-bond acceptors (Lipinski definition) is 1. The molecule has 0 saturated heterocycles. The van der Waals surface area contributed by atoms with Gasteiger partial charge < -0.3 is 5.21 Å². The van der Waals surface area contributed by atoms with Crippen LogP contribution in [0.1, 0.15) is 11.4 Å². The first kappa shape index (κ1) is 7.35. The number of hydrogen-bond donors (Lipinski definition) is 0. The van der Waals surface area contributed by atoms with Crippen LogP contribution in [0.4, 0.5) is 0 Å². The molecule has 1 rings (SSSR count). The second-order valence-corrected chi connectivity index (χ2v) is 2.69. The first-order chi connectivity index (χ1) is 4.61. The van der Waals surface area contributed by atoms with Crippen LogP contribution in [-0.4, -0.2) is 0 Å². The first-order valence-electron chi connectivity index (χ1n) is 2.97. The van der Waals surface area contributed by atoms with Crippen LogP contribution in [0.25, 0.3) is 0 Å². The van der Waals surface area contributed by atoms with Crippen LogP contribution in [0.3, 0.4) is 0 Å². The Bertz CT molecular complexity index is 237. The molecule has 10 heavy (non-hydrogen) atoms. The predicted molar refractivity (Wildman–Crippen MR) is 39.9 cm³/mol. The van der Waals surface area contributed by atoms with Crippen LogP contribution >= 0.6 is 11.6 Å². The molecule has 0 atom stereocenters. The molecule has 0 spiro atoms. The summed E-state index contributed by atoms with van der Waals surface area (Å²) in [4.78, 5) is 0. The van der Waals surface area contributed by atoms with Gasteiger partial charge >= 0.3 is 0 Å². The van der Waals surface area contributed by atoms with Gasteiger partial charge in [0.1, 0.15) is 0 Å². The second kappa shape index (κ2) is 2.46. The summed E-state index contributed by atoms with van der Waals surface area (Å²) in [5.74, 6) is 0. The summed E-state index contributed by atoms with van der Waals surface area (Å²) in [6.07, 6.45) is 0. The molecule has 3 heteroatoms. The third kappa shape index (κ3) is 1.21. The molecule has 0 aliphatic heterocycles. The fourth-order valence-electron chi connectivity index (χ4n) is 0.836. The molecular formula is C7H8ClNO. The van der Waals surface area contributed by atoms with Crippen molar-refractivity contribution in [2.45, 2.75) is 13.8 Å². The molecule has 0 radical (unpaired) electrons. The van der Waals surface area contributed by atoms with Gasteiger partial charge in [0.2, 0.25) is 0 Å². The van der Waals surface area contributed by atoms with Crippen molar-refractivity contribution < 1.29 is 4.73 Å². The molecule has 0 aromatic carbocycles. The molecule has 0 amide bonds. The lowest BCUT2D eigenvalue weighted by molar-refractivity contribution is -0.619. The van der Waals surface area contributed by atoms with Gasteiger partial charge in [-0.05, 0) is 0 Å². The van der Waals surface area contributed by atoms with Crippen molar-refractivity contribution in [3.8, 4) is 0 Å². The maximum Gasteiger partial charge on any atom is 0.191 e. The Morgan fingerprint density at radius 3 is 2.10 bits per heavy atom. The monoisotopic (exact) mass is 157 g/mol. The van der Waals surface area contributed by atoms with E-state index < -0.39 is 0 Å².